The Bertz CT molecular complexity index is 485. The zero-order valence-corrected chi connectivity index (χ0v) is 11.5. The van der Waals surface area contributed by atoms with Gasteiger partial charge in [0.25, 0.3) is 5.56 Å². The highest BCUT2D eigenvalue weighted by Gasteiger charge is 2.14. The summed E-state index contributed by atoms with van der Waals surface area (Å²) in [7, 11) is 0. The maximum atomic E-state index is 12.0. The minimum atomic E-state index is -0.582. The van der Waals surface area contributed by atoms with E-state index >= 15 is 0 Å². The molecule has 0 aliphatic rings. The average molecular weight is 331 g/mol. The maximum absolute atomic E-state index is 12.0. The smallest absolute Gasteiger partial charge is 0.255 e. The van der Waals surface area contributed by atoms with E-state index in [0.717, 1.165) is 3.70 Å². The van der Waals surface area contributed by atoms with Crippen LogP contribution in [0.1, 0.15) is 30.6 Å². The second-order valence-electron chi connectivity index (χ2n) is 3.57. The third kappa shape index (κ3) is 2.47. The summed E-state index contributed by atoms with van der Waals surface area (Å²) in [6.07, 6.45) is 5.22. The molecule has 0 spiro atoms. The number of terminal acetylenes is 1. The summed E-state index contributed by atoms with van der Waals surface area (Å²) in [4.78, 5) is 12.0. The molecular formula is C12H14INO2. The Hall–Kier alpha value is -0.800. The van der Waals surface area contributed by atoms with E-state index < -0.39 is 6.10 Å². The van der Waals surface area contributed by atoms with Crippen molar-refractivity contribution in [3.8, 4) is 12.3 Å². The van der Waals surface area contributed by atoms with Crippen molar-refractivity contribution in [2.45, 2.75) is 32.9 Å². The number of hydrogen-bond acceptors (Lipinski definition) is 2. The van der Waals surface area contributed by atoms with Crippen LogP contribution in [0.4, 0.5) is 0 Å². The number of aliphatic hydroxyl groups is 1. The fraction of sp³-hybridized carbons (Fsp3) is 0.417. The normalized spacial score (nSPS) is 12.2. The van der Waals surface area contributed by atoms with Gasteiger partial charge in [-0.25, -0.2) is 0 Å². The lowest BCUT2D eigenvalue weighted by molar-refractivity contribution is 0.172. The van der Waals surface area contributed by atoms with Crippen molar-refractivity contribution in [3.05, 3.63) is 31.2 Å². The second-order valence-corrected chi connectivity index (χ2v) is 4.67. The monoisotopic (exact) mass is 331 g/mol. The Balaban J connectivity index is 3.40. The van der Waals surface area contributed by atoms with Crippen molar-refractivity contribution in [2.24, 2.45) is 0 Å². The lowest BCUT2D eigenvalue weighted by Gasteiger charge is -2.14. The van der Waals surface area contributed by atoms with E-state index in [0.29, 0.717) is 17.5 Å². The third-order valence-electron chi connectivity index (χ3n) is 2.53. The highest BCUT2D eigenvalue weighted by Crippen LogP contribution is 2.20. The van der Waals surface area contributed by atoms with Crippen LogP contribution in [-0.4, -0.2) is 9.67 Å². The highest BCUT2D eigenvalue weighted by molar-refractivity contribution is 14.1. The van der Waals surface area contributed by atoms with Gasteiger partial charge in [0.1, 0.15) is 0 Å². The number of aliphatic hydroxyl groups excluding tert-OH is 1. The molecule has 1 aromatic rings. The first-order valence-corrected chi connectivity index (χ1v) is 6.12. The quantitative estimate of drug-likeness (QED) is 0.522. The van der Waals surface area contributed by atoms with Crippen LogP contribution in [0.3, 0.4) is 0 Å². The van der Waals surface area contributed by atoms with Crippen molar-refractivity contribution in [1.29, 1.82) is 0 Å². The van der Waals surface area contributed by atoms with Gasteiger partial charge in [-0.2, -0.15) is 0 Å². The highest BCUT2D eigenvalue weighted by atomic mass is 127. The first kappa shape index (κ1) is 13.3. The summed E-state index contributed by atoms with van der Waals surface area (Å²) < 4.78 is 2.29. The zero-order valence-electron chi connectivity index (χ0n) is 9.33. The molecule has 0 amide bonds. The molecule has 1 rings (SSSR count). The van der Waals surface area contributed by atoms with E-state index in [1.54, 1.807) is 6.92 Å². The van der Waals surface area contributed by atoms with Crippen molar-refractivity contribution >= 4 is 22.6 Å². The molecular weight excluding hydrogens is 317 g/mol. The number of nitrogens with zero attached hydrogens (tertiary/aromatic N) is 1. The molecule has 3 nitrogen and oxygen atoms in total. The summed E-state index contributed by atoms with van der Waals surface area (Å²) in [5.74, 6) is 2.45. The van der Waals surface area contributed by atoms with Gasteiger partial charge in [0, 0.05) is 5.56 Å². The van der Waals surface area contributed by atoms with Crippen LogP contribution < -0.4 is 5.56 Å². The van der Waals surface area contributed by atoms with E-state index in [-0.39, 0.29) is 12.1 Å². The van der Waals surface area contributed by atoms with Crippen LogP contribution >= 0.6 is 22.6 Å². The fourth-order valence-electron chi connectivity index (χ4n) is 1.54. The van der Waals surface area contributed by atoms with E-state index in [2.05, 4.69) is 28.5 Å². The van der Waals surface area contributed by atoms with Crippen LogP contribution in [0.25, 0.3) is 0 Å². The maximum Gasteiger partial charge on any atom is 0.255 e. The standard InChI is InChI=1S/C12H14INO2/c1-4-6-14-11(13)7-9(10(15)5-2)8(3)12(14)16/h1,7,10,15H,5-6H2,2-3H3/t10-/m0/s1. The van der Waals surface area contributed by atoms with Crippen molar-refractivity contribution in [1.82, 2.24) is 4.57 Å². The molecule has 0 aliphatic carbocycles. The van der Waals surface area contributed by atoms with Crippen molar-refractivity contribution in [2.75, 3.05) is 0 Å². The zero-order chi connectivity index (χ0) is 12.3. The van der Waals surface area contributed by atoms with Crippen LogP contribution in [0.2, 0.25) is 0 Å². The summed E-state index contributed by atoms with van der Waals surface area (Å²) in [6.45, 7) is 3.87. The van der Waals surface area contributed by atoms with Crippen LogP contribution in [0.15, 0.2) is 10.9 Å². The molecule has 0 aromatic carbocycles. The second kappa shape index (κ2) is 5.51. The van der Waals surface area contributed by atoms with Crippen LogP contribution in [0.5, 0.6) is 0 Å². The largest absolute Gasteiger partial charge is 0.388 e. The molecule has 1 heterocycles. The molecule has 86 valence electrons. The summed E-state index contributed by atoms with van der Waals surface area (Å²) in [5.41, 5.74) is 1.16. The predicted molar refractivity (Wildman–Crippen MR) is 72.2 cm³/mol. The number of aromatic nitrogens is 1. The van der Waals surface area contributed by atoms with Gasteiger partial charge >= 0.3 is 0 Å². The first-order valence-electron chi connectivity index (χ1n) is 5.04. The molecule has 1 atom stereocenters. The van der Waals surface area contributed by atoms with Crippen LogP contribution in [0, 0.1) is 23.0 Å². The first-order chi connectivity index (χ1) is 7.52. The Labute approximate surface area is 109 Å². The summed E-state index contributed by atoms with van der Waals surface area (Å²) in [5, 5.41) is 9.79. The molecule has 0 radical (unpaired) electrons. The molecule has 16 heavy (non-hydrogen) atoms. The van der Waals surface area contributed by atoms with Crippen LogP contribution in [-0.2, 0) is 6.54 Å². The Kier molecular flexibility index (Phi) is 4.56. The van der Waals surface area contributed by atoms with E-state index in [9.17, 15) is 9.90 Å². The molecule has 0 fully saturated rings. The molecule has 0 saturated carbocycles. The van der Waals surface area contributed by atoms with Gasteiger partial charge in [0.05, 0.1) is 16.3 Å². The van der Waals surface area contributed by atoms with E-state index in [1.807, 2.05) is 13.0 Å². The minimum absolute atomic E-state index is 0.118. The lowest BCUT2D eigenvalue weighted by atomic mass is 10.0. The Morgan fingerprint density at radius 1 is 1.69 bits per heavy atom. The van der Waals surface area contributed by atoms with Gasteiger partial charge < -0.3 is 5.11 Å². The molecule has 0 saturated heterocycles. The predicted octanol–water partition coefficient (Wildman–Crippen LogP) is 1.84. The number of halogens is 1. The van der Waals surface area contributed by atoms with Crippen molar-refractivity contribution in [3.63, 3.8) is 0 Å². The van der Waals surface area contributed by atoms with Gasteiger partial charge in [-0.05, 0) is 47.6 Å². The molecule has 0 unspecified atom stereocenters. The molecule has 0 aliphatic heterocycles. The molecule has 1 aromatic heterocycles. The Morgan fingerprint density at radius 3 is 2.81 bits per heavy atom. The molecule has 0 bridgehead atoms. The number of pyridine rings is 1. The number of hydrogen-bond donors (Lipinski definition) is 1. The van der Waals surface area contributed by atoms with E-state index in [4.69, 9.17) is 6.42 Å². The van der Waals surface area contributed by atoms with Gasteiger partial charge in [0.15, 0.2) is 0 Å². The number of rotatable bonds is 3. The van der Waals surface area contributed by atoms with Gasteiger partial charge in [-0.3, -0.25) is 9.36 Å². The summed E-state index contributed by atoms with van der Waals surface area (Å²) in [6, 6.07) is 1.82. The average Bonchev–Trinajstić information content (AvgIpc) is 2.28. The topological polar surface area (TPSA) is 42.2 Å². The Morgan fingerprint density at radius 2 is 2.31 bits per heavy atom. The third-order valence-corrected chi connectivity index (χ3v) is 3.42. The lowest BCUT2D eigenvalue weighted by Crippen LogP contribution is -2.26. The fourth-order valence-corrected chi connectivity index (χ4v) is 2.27. The van der Waals surface area contributed by atoms with Gasteiger partial charge in [0.2, 0.25) is 0 Å². The summed E-state index contributed by atoms with van der Waals surface area (Å²) >= 11 is 2.06. The molecule has 4 heteroatoms. The van der Waals surface area contributed by atoms with Gasteiger partial charge in [-0.1, -0.05) is 12.8 Å². The van der Waals surface area contributed by atoms with Gasteiger partial charge in [-0.15, -0.1) is 6.42 Å². The minimum Gasteiger partial charge on any atom is -0.388 e. The molecule has 1 N–H and O–H groups in total. The SMILES string of the molecule is C#CCn1c(I)cc([C@@H](O)CC)c(C)c1=O. The van der Waals surface area contributed by atoms with Crippen molar-refractivity contribution < 1.29 is 5.11 Å². The van der Waals surface area contributed by atoms with E-state index in [1.165, 1.54) is 4.57 Å².